The Morgan fingerprint density at radius 3 is 2.44 bits per heavy atom. The summed E-state index contributed by atoms with van der Waals surface area (Å²) in [6.45, 7) is 1.51. The molecule has 0 aliphatic carbocycles. The molecule has 1 aromatic heterocycles. The molecule has 0 bridgehead atoms. The number of anilines is 1. The Hall–Kier alpha value is -1.91. The molecule has 0 radical (unpaired) electrons. The van der Waals surface area contributed by atoms with E-state index < -0.39 is 11.6 Å². The van der Waals surface area contributed by atoms with Crippen LogP contribution in [0.2, 0.25) is 0 Å². The van der Waals surface area contributed by atoms with Crippen molar-refractivity contribution in [3.05, 3.63) is 35.4 Å². The minimum absolute atomic E-state index is 0.121. The number of nitrogens with zero attached hydrogens (tertiary/aromatic N) is 2. The number of aryl methyl sites for hydroxylation is 2. The van der Waals surface area contributed by atoms with Crippen molar-refractivity contribution >= 4 is 5.82 Å². The first-order valence-corrected chi connectivity index (χ1v) is 4.74. The maximum atomic E-state index is 13.6. The number of benzene rings is 1. The van der Waals surface area contributed by atoms with Crippen LogP contribution in [0.15, 0.2) is 18.2 Å². The van der Waals surface area contributed by atoms with Crippen molar-refractivity contribution in [1.82, 2.24) is 9.78 Å². The van der Waals surface area contributed by atoms with E-state index >= 15 is 0 Å². The average Bonchev–Trinajstić information content (AvgIpc) is 2.53. The van der Waals surface area contributed by atoms with Crippen LogP contribution in [-0.4, -0.2) is 9.78 Å². The van der Waals surface area contributed by atoms with E-state index in [0.717, 1.165) is 12.1 Å². The molecule has 0 amide bonds. The fourth-order valence-corrected chi connectivity index (χ4v) is 1.46. The zero-order valence-electron chi connectivity index (χ0n) is 8.96. The summed E-state index contributed by atoms with van der Waals surface area (Å²) in [4.78, 5) is 0. The van der Waals surface area contributed by atoms with Gasteiger partial charge in [0, 0.05) is 18.7 Å². The Morgan fingerprint density at radius 2 is 1.88 bits per heavy atom. The van der Waals surface area contributed by atoms with Crippen LogP contribution in [-0.2, 0) is 7.05 Å². The maximum Gasteiger partial charge on any atom is 0.133 e. The normalized spacial score (nSPS) is 10.8. The summed E-state index contributed by atoms with van der Waals surface area (Å²) in [5.74, 6) is -0.562. The predicted molar refractivity (Wildman–Crippen MR) is 57.7 cm³/mol. The summed E-state index contributed by atoms with van der Waals surface area (Å²) in [5.41, 5.74) is 6.30. The molecular weight excluding hydrogens is 212 g/mol. The van der Waals surface area contributed by atoms with Crippen LogP contribution in [0.4, 0.5) is 14.6 Å². The number of nitrogen functional groups attached to an aromatic ring is 1. The highest BCUT2D eigenvalue weighted by Crippen LogP contribution is 2.25. The van der Waals surface area contributed by atoms with E-state index in [-0.39, 0.29) is 11.1 Å². The van der Waals surface area contributed by atoms with Gasteiger partial charge in [-0.25, -0.2) is 8.78 Å². The topological polar surface area (TPSA) is 43.8 Å². The molecule has 3 nitrogen and oxygen atoms in total. The number of hydrogen-bond donors (Lipinski definition) is 1. The summed E-state index contributed by atoms with van der Waals surface area (Å²) in [5, 5.41) is 4.00. The Morgan fingerprint density at radius 1 is 1.19 bits per heavy atom. The van der Waals surface area contributed by atoms with Crippen LogP contribution in [0.1, 0.15) is 5.56 Å². The van der Waals surface area contributed by atoms with Crippen LogP contribution in [0.3, 0.4) is 0 Å². The zero-order valence-corrected chi connectivity index (χ0v) is 8.96. The first-order valence-electron chi connectivity index (χ1n) is 4.74. The standard InChI is InChI=1S/C11H11F2N3/c1-6-3-9(13)7(4-8(6)12)10-5-11(14)16(2)15-10/h3-5H,14H2,1-2H3. The molecule has 0 fully saturated rings. The van der Waals surface area contributed by atoms with Crippen LogP contribution < -0.4 is 5.73 Å². The van der Waals surface area contributed by atoms with Gasteiger partial charge in [0.2, 0.25) is 0 Å². The quantitative estimate of drug-likeness (QED) is 0.805. The molecule has 0 atom stereocenters. The second kappa shape index (κ2) is 3.59. The second-order valence-corrected chi connectivity index (χ2v) is 3.66. The van der Waals surface area contributed by atoms with E-state index in [1.54, 1.807) is 7.05 Å². The number of aromatic nitrogens is 2. The van der Waals surface area contributed by atoms with Crippen LogP contribution in [0, 0.1) is 18.6 Å². The van der Waals surface area contributed by atoms with Crippen molar-refractivity contribution in [1.29, 1.82) is 0 Å². The maximum absolute atomic E-state index is 13.6. The van der Waals surface area contributed by atoms with Crippen molar-refractivity contribution in [2.45, 2.75) is 6.92 Å². The van der Waals surface area contributed by atoms with Crippen molar-refractivity contribution in [2.75, 3.05) is 5.73 Å². The number of nitrogens with two attached hydrogens (primary N) is 1. The molecule has 2 rings (SSSR count). The Kier molecular flexibility index (Phi) is 2.38. The third-order valence-corrected chi connectivity index (χ3v) is 2.44. The fraction of sp³-hybridized carbons (Fsp3) is 0.182. The van der Waals surface area contributed by atoms with Gasteiger partial charge in [0.1, 0.15) is 17.5 Å². The molecule has 84 valence electrons. The van der Waals surface area contributed by atoms with Crippen molar-refractivity contribution in [3.8, 4) is 11.3 Å². The minimum Gasteiger partial charge on any atom is -0.384 e. The smallest absolute Gasteiger partial charge is 0.133 e. The summed E-state index contributed by atoms with van der Waals surface area (Å²) < 4.78 is 28.3. The molecule has 0 spiro atoms. The predicted octanol–water partition coefficient (Wildman–Crippen LogP) is 2.26. The molecule has 0 unspecified atom stereocenters. The first kappa shape index (κ1) is 10.6. The Balaban J connectivity index is 2.60. The van der Waals surface area contributed by atoms with E-state index in [1.807, 2.05) is 0 Å². The molecule has 1 aromatic carbocycles. The van der Waals surface area contributed by atoms with E-state index in [0.29, 0.717) is 11.5 Å². The highest BCUT2D eigenvalue weighted by atomic mass is 19.1. The van der Waals surface area contributed by atoms with Crippen molar-refractivity contribution in [3.63, 3.8) is 0 Å². The van der Waals surface area contributed by atoms with Crippen LogP contribution in [0.5, 0.6) is 0 Å². The van der Waals surface area contributed by atoms with Gasteiger partial charge in [0.05, 0.1) is 5.69 Å². The third kappa shape index (κ3) is 1.64. The van der Waals surface area contributed by atoms with Crippen LogP contribution >= 0.6 is 0 Å². The van der Waals surface area contributed by atoms with Gasteiger partial charge in [-0.2, -0.15) is 5.10 Å². The number of halogens is 2. The lowest BCUT2D eigenvalue weighted by atomic mass is 10.1. The van der Waals surface area contributed by atoms with Gasteiger partial charge in [0.15, 0.2) is 0 Å². The third-order valence-electron chi connectivity index (χ3n) is 2.44. The monoisotopic (exact) mass is 223 g/mol. The molecule has 1 heterocycles. The summed E-state index contributed by atoms with van der Waals surface area (Å²) in [6, 6.07) is 3.79. The van der Waals surface area contributed by atoms with Gasteiger partial charge in [0.25, 0.3) is 0 Å². The fourth-order valence-electron chi connectivity index (χ4n) is 1.46. The molecule has 0 saturated heterocycles. The number of hydrogen-bond acceptors (Lipinski definition) is 2. The molecule has 0 saturated carbocycles. The van der Waals surface area contributed by atoms with E-state index in [1.165, 1.54) is 17.7 Å². The van der Waals surface area contributed by atoms with Crippen molar-refractivity contribution in [2.24, 2.45) is 7.05 Å². The molecule has 2 N–H and O–H groups in total. The molecule has 2 aromatic rings. The van der Waals surface area contributed by atoms with Crippen LogP contribution in [0.25, 0.3) is 11.3 Å². The van der Waals surface area contributed by atoms with Gasteiger partial charge in [-0.3, -0.25) is 4.68 Å². The molecule has 0 aliphatic rings. The molecule has 5 heteroatoms. The molecule has 16 heavy (non-hydrogen) atoms. The first-order chi connectivity index (χ1) is 7.49. The van der Waals surface area contributed by atoms with E-state index in [4.69, 9.17) is 5.73 Å². The van der Waals surface area contributed by atoms with Gasteiger partial charge >= 0.3 is 0 Å². The lowest BCUT2D eigenvalue weighted by Gasteiger charge is -2.02. The van der Waals surface area contributed by atoms with E-state index in [2.05, 4.69) is 5.10 Å². The van der Waals surface area contributed by atoms with Crippen molar-refractivity contribution < 1.29 is 8.78 Å². The van der Waals surface area contributed by atoms with Gasteiger partial charge < -0.3 is 5.73 Å². The van der Waals surface area contributed by atoms with Gasteiger partial charge in [-0.05, 0) is 24.6 Å². The summed E-state index contributed by atoms with van der Waals surface area (Å²) >= 11 is 0. The lowest BCUT2D eigenvalue weighted by molar-refractivity contribution is 0.594. The summed E-state index contributed by atoms with van der Waals surface area (Å²) in [6.07, 6.45) is 0. The second-order valence-electron chi connectivity index (χ2n) is 3.66. The summed E-state index contributed by atoms with van der Waals surface area (Å²) in [7, 11) is 1.64. The minimum atomic E-state index is -0.503. The molecular formula is C11H11F2N3. The lowest BCUT2D eigenvalue weighted by Crippen LogP contribution is -1.97. The largest absolute Gasteiger partial charge is 0.384 e. The SMILES string of the molecule is Cc1cc(F)c(-c2cc(N)n(C)n2)cc1F. The highest BCUT2D eigenvalue weighted by Gasteiger charge is 2.12. The zero-order chi connectivity index (χ0) is 11.9. The van der Waals surface area contributed by atoms with E-state index in [9.17, 15) is 8.78 Å². The number of rotatable bonds is 1. The average molecular weight is 223 g/mol. The highest BCUT2D eigenvalue weighted by molar-refractivity contribution is 5.63. The Bertz CT molecular complexity index is 527. The Labute approximate surface area is 91.5 Å². The van der Waals surface area contributed by atoms with Gasteiger partial charge in [-0.1, -0.05) is 0 Å². The molecule has 0 aliphatic heterocycles. The van der Waals surface area contributed by atoms with Gasteiger partial charge in [-0.15, -0.1) is 0 Å².